The van der Waals surface area contributed by atoms with Crippen molar-refractivity contribution in [2.24, 2.45) is 0 Å². The number of methoxy groups -OCH3 is 3. The summed E-state index contributed by atoms with van der Waals surface area (Å²) in [4.78, 5) is 13.1. The molecular formula is C31H36N2O8S. The molecule has 3 aromatic rings. The van der Waals surface area contributed by atoms with Gasteiger partial charge in [0.25, 0.3) is 0 Å². The van der Waals surface area contributed by atoms with Gasteiger partial charge in [-0.05, 0) is 72.9 Å². The minimum Gasteiger partial charge on any atom is -0.502 e. The Bertz CT molecular complexity index is 1460. The van der Waals surface area contributed by atoms with Crippen LogP contribution in [-0.2, 0) is 21.2 Å². The topological polar surface area (TPSA) is 135 Å². The molecule has 3 aromatic carbocycles. The summed E-state index contributed by atoms with van der Waals surface area (Å²) < 4.78 is 44.0. The third kappa shape index (κ3) is 7.61. The highest BCUT2D eigenvalue weighted by Crippen LogP contribution is 2.37. The molecule has 1 aliphatic carbocycles. The van der Waals surface area contributed by atoms with Gasteiger partial charge < -0.3 is 29.7 Å². The predicted octanol–water partition coefficient (Wildman–Crippen LogP) is 3.37. The van der Waals surface area contributed by atoms with Gasteiger partial charge in [0.15, 0.2) is 11.5 Å². The van der Waals surface area contributed by atoms with Crippen LogP contribution in [0, 0.1) is 0 Å². The summed E-state index contributed by atoms with van der Waals surface area (Å²) in [6.07, 6.45) is 3.29. The lowest BCUT2D eigenvalue weighted by Crippen LogP contribution is -2.50. The Kier molecular flexibility index (Phi) is 10.1. The fourth-order valence-corrected chi connectivity index (χ4v) is 6.27. The van der Waals surface area contributed by atoms with E-state index < -0.39 is 28.1 Å². The number of nitrogens with zero attached hydrogens (tertiary/aromatic N) is 1. The Morgan fingerprint density at radius 3 is 2.17 bits per heavy atom. The molecule has 0 unspecified atom stereocenters. The second-order valence-electron chi connectivity index (χ2n) is 9.96. The second kappa shape index (κ2) is 13.7. The molecule has 0 aliphatic heterocycles. The Labute approximate surface area is 246 Å². The van der Waals surface area contributed by atoms with Gasteiger partial charge in [0, 0.05) is 18.7 Å². The zero-order valence-electron chi connectivity index (χ0n) is 23.8. The highest BCUT2D eigenvalue weighted by Gasteiger charge is 2.40. The van der Waals surface area contributed by atoms with Crippen LogP contribution in [0.1, 0.15) is 24.0 Å². The van der Waals surface area contributed by atoms with Crippen molar-refractivity contribution in [1.82, 2.24) is 9.62 Å². The van der Waals surface area contributed by atoms with E-state index in [0.29, 0.717) is 24.2 Å². The van der Waals surface area contributed by atoms with E-state index in [9.17, 15) is 23.4 Å². The van der Waals surface area contributed by atoms with Gasteiger partial charge in [0.05, 0.1) is 38.4 Å². The quantitative estimate of drug-likeness (QED) is 0.241. The van der Waals surface area contributed by atoms with E-state index in [0.717, 1.165) is 5.56 Å². The van der Waals surface area contributed by atoms with Crippen molar-refractivity contribution in [3.63, 3.8) is 0 Å². The van der Waals surface area contributed by atoms with Gasteiger partial charge in [-0.25, -0.2) is 8.42 Å². The summed E-state index contributed by atoms with van der Waals surface area (Å²) in [5.74, 6) is 0.263. The number of aliphatic hydroxyl groups is 1. The lowest BCUT2D eigenvalue weighted by molar-refractivity contribution is -0.118. The van der Waals surface area contributed by atoms with Crippen LogP contribution in [0.4, 0.5) is 0 Å². The third-order valence-electron chi connectivity index (χ3n) is 7.01. The number of hydrogen-bond acceptors (Lipinski definition) is 8. The van der Waals surface area contributed by atoms with Crippen LogP contribution in [0.2, 0.25) is 0 Å². The number of ether oxygens (including phenoxy) is 3. The zero-order valence-corrected chi connectivity index (χ0v) is 24.6. The van der Waals surface area contributed by atoms with Gasteiger partial charge >= 0.3 is 0 Å². The second-order valence-corrected chi connectivity index (χ2v) is 11.9. The molecule has 1 fully saturated rings. The number of carbonyl (C=O) groups excluding carboxylic acids is 1. The number of aliphatic hydroxyl groups excluding tert-OH is 1. The SMILES string of the molecule is COc1ccc(S(=O)(=O)N(C[C@@H](O)[C@H](Cc2ccccc2)NC(=O)/C=C/c2cc(OC)c(O)c(OC)c2)C2CC2)cc1. The van der Waals surface area contributed by atoms with Crippen molar-refractivity contribution in [3.8, 4) is 23.0 Å². The van der Waals surface area contributed by atoms with E-state index in [1.807, 2.05) is 30.3 Å². The summed E-state index contributed by atoms with van der Waals surface area (Å²) in [6, 6.07) is 17.6. The third-order valence-corrected chi connectivity index (χ3v) is 8.94. The van der Waals surface area contributed by atoms with Crippen molar-refractivity contribution in [2.75, 3.05) is 27.9 Å². The fraction of sp³-hybridized carbons (Fsp3) is 0.323. The summed E-state index contributed by atoms with van der Waals surface area (Å²) in [5, 5.41) is 24.4. The molecule has 3 N–H and O–H groups in total. The van der Waals surface area contributed by atoms with Crippen LogP contribution in [0.3, 0.4) is 0 Å². The smallest absolute Gasteiger partial charge is 0.244 e. The highest BCUT2D eigenvalue weighted by molar-refractivity contribution is 7.89. The number of phenols is 1. The molecule has 42 heavy (non-hydrogen) atoms. The molecule has 0 aromatic heterocycles. The number of hydrogen-bond donors (Lipinski definition) is 3. The number of phenolic OH excluding ortho intramolecular Hbond substituents is 1. The lowest BCUT2D eigenvalue weighted by Gasteiger charge is -2.29. The van der Waals surface area contributed by atoms with Crippen LogP contribution in [0.15, 0.2) is 77.7 Å². The van der Waals surface area contributed by atoms with Gasteiger partial charge in [-0.15, -0.1) is 0 Å². The first-order chi connectivity index (χ1) is 20.2. The molecule has 0 radical (unpaired) electrons. The molecule has 0 spiro atoms. The first kappa shape index (κ1) is 30.9. The molecule has 0 saturated heterocycles. The van der Waals surface area contributed by atoms with Crippen LogP contribution in [0.5, 0.6) is 23.0 Å². The number of sulfonamides is 1. The predicted molar refractivity (Wildman–Crippen MR) is 158 cm³/mol. The molecule has 224 valence electrons. The molecular weight excluding hydrogens is 560 g/mol. The molecule has 1 saturated carbocycles. The molecule has 10 nitrogen and oxygen atoms in total. The maximum Gasteiger partial charge on any atom is 0.244 e. The summed E-state index contributed by atoms with van der Waals surface area (Å²) in [5.41, 5.74) is 1.41. The molecule has 1 aliphatic rings. The number of aromatic hydroxyl groups is 1. The van der Waals surface area contributed by atoms with Gasteiger partial charge in [-0.2, -0.15) is 4.31 Å². The molecule has 0 bridgehead atoms. The van der Waals surface area contributed by atoms with E-state index in [-0.39, 0.29) is 41.2 Å². The van der Waals surface area contributed by atoms with Crippen LogP contribution in [-0.4, -0.2) is 74.9 Å². The maximum atomic E-state index is 13.6. The lowest BCUT2D eigenvalue weighted by atomic mass is 10.0. The minimum absolute atomic E-state index is 0.105. The molecule has 0 heterocycles. The van der Waals surface area contributed by atoms with Crippen molar-refractivity contribution in [3.05, 3.63) is 83.9 Å². The van der Waals surface area contributed by atoms with E-state index in [2.05, 4.69) is 5.32 Å². The van der Waals surface area contributed by atoms with Crippen LogP contribution >= 0.6 is 0 Å². The zero-order chi connectivity index (χ0) is 30.3. The van der Waals surface area contributed by atoms with E-state index in [1.165, 1.54) is 49.9 Å². The highest BCUT2D eigenvalue weighted by atomic mass is 32.2. The van der Waals surface area contributed by atoms with Crippen LogP contribution < -0.4 is 19.5 Å². The van der Waals surface area contributed by atoms with Gasteiger partial charge in [-0.3, -0.25) is 4.79 Å². The maximum absolute atomic E-state index is 13.6. The molecule has 11 heteroatoms. The normalized spacial score (nSPS) is 14.9. The number of nitrogens with one attached hydrogen (secondary N) is 1. The van der Waals surface area contributed by atoms with Crippen molar-refractivity contribution in [2.45, 2.75) is 42.3 Å². The standard InChI is InChI=1S/C31H36N2O8S/c1-39-24-12-14-25(15-13-24)42(37,38)33(23-10-11-23)20-27(34)26(17-21-7-5-4-6-8-21)32-30(35)16-9-22-18-28(40-2)31(36)29(19-22)41-3/h4-9,12-16,18-19,23,26-27,34,36H,10-11,17,20H2,1-3H3,(H,32,35)/b16-9+/t26-,27+/m0/s1. The average Bonchev–Trinajstić information content (AvgIpc) is 3.84. The number of amides is 1. The average molecular weight is 597 g/mol. The van der Waals surface area contributed by atoms with Crippen molar-refractivity contribution < 1.29 is 37.6 Å². The van der Waals surface area contributed by atoms with E-state index >= 15 is 0 Å². The van der Waals surface area contributed by atoms with Gasteiger partial charge in [0.2, 0.25) is 21.7 Å². The Balaban J connectivity index is 1.54. The number of benzene rings is 3. The first-order valence-electron chi connectivity index (χ1n) is 13.5. The van der Waals surface area contributed by atoms with Crippen molar-refractivity contribution >= 4 is 22.0 Å². The molecule has 2 atom stereocenters. The summed E-state index contributed by atoms with van der Waals surface area (Å²) in [6.45, 7) is -0.188. The Hall–Kier alpha value is -4.06. The Morgan fingerprint density at radius 2 is 1.62 bits per heavy atom. The Morgan fingerprint density at radius 1 is 1.00 bits per heavy atom. The number of rotatable bonds is 14. The van der Waals surface area contributed by atoms with Gasteiger partial charge in [-0.1, -0.05) is 30.3 Å². The fourth-order valence-electron chi connectivity index (χ4n) is 4.56. The van der Waals surface area contributed by atoms with Crippen LogP contribution in [0.25, 0.3) is 6.08 Å². The summed E-state index contributed by atoms with van der Waals surface area (Å²) >= 11 is 0. The monoisotopic (exact) mass is 596 g/mol. The van der Waals surface area contributed by atoms with E-state index in [4.69, 9.17) is 14.2 Å². The first-order valence-corrected chi connectivity index (χ1v) is 14.9. The largest absolute Gasteiger partial charge is 0.502 e. The van der Waals surface area contributed by atoms with Gasteiger partial charge in [0.1, 0.15) is 5.75 Å². The van der Waals surface area contributed by atoms with Crippen molar-refractivity contribution in [1.29, 1.82) is 0 Å². The number of carbonyl (C=O) groups is 1. The minimum atomic E-state index is -3.91. The molecule has 1 amide bonds. The van der Waals surface area contributed by atoms with E-state index in [1.54, 1.807) is 24.3 Å². The summed E-state index contributed by atoms with van der Waals surface area (Å²) in [7, 11) is 0.410. The molecule has 4 rings (SSSR count).